The molecular formula is C46H54N2O5+2. The highest BCUT2D eigenvalue weighted by Crippen LogP contribution is 2.28. The van der Waals surface area contributed by atoms with Gasteiger partial charge in [0, 0.05) is 34.4 Å². The first kappa shape index (κ1) is 40.0. The number of methoxy groups -OCH3 is 4. The van der Waals surface area contributed by atoms with E-state index in [2.05, 4.69) is 85.4 Å². The quantitative estimate of drug-likeness (QED) is 0.0445. The summed E-state index contributed by atoms with van der Waals surface area (Å²) in [7, 11) is 6.70. The Morgan fingerprint density at radius 1 is 0.415 bits per heavy atom. The molecule has 7 heteroatoms. The van der Waals surface area contributed by atoms with Crippen LogP contribution in [0.25, 0.3) is 11.5 Å². The van der Waals surface area contributed by atoms with Crippen LogP contribution in [0.2, 0.25) is 0 Å². The number of hydrogen-bond donors (Lipinski definition) is 0. The highest BCUT2D eigenvalue weighted by molar-refractivity contribution is 6.06. The van der Waals surface area contributed by atoms with Crippen LogP contribution in [-0.4, -0.2) is 75.2 Å². The number of rotatable bonds is 18. The van der Waals surface area contributed by atoms with Gasteiger partial charge in [-0.3, -0.25) is 0 Å². The number of hydrogen-bond acceptors (Lipinski definition) is 5. The van der Waals surface area contributed by atoms with E-state index >= 15 is 0 Å². The molecule has 0 aromatic heterocycles. The van der Waals surface area contributed by atoms with Crippen molar-refractivity contribution in [1.29, 1.82) is 0 Å². The second-order valence-corrected chi connectivity index (χ2v) is 11.9. The van der Waals surface area contributed by atoms with Gasteiger partial charge in [0.05, 0.1) is 28.4 Å². The van der Waals surface area contributed by atoms with Gasteiger partial charge in [-0.15, -0.1) is 0 Å². The molecule has 0 aliphatic carbocycles. The molecule has 4 aromatic rings. The monoisotopic (exact) mass is 714 g/mol. The fourth-order valence-corrected chi connectivity index (χ4v) is 5.88. The zero-order valence-corrected chi connectivity index (χ0v) is 32.5. The molecule has 0 N–H and O–H groups in total. The minimum Gasteiger partial charge on any atom is -0.497 e. The van der Waals surface area contributed by atoms with Gasteiger partial charge >= 0.3 is 0 Å². The summed E-state index contributed by atoms with van der Waals surface area (Å²) in [6, 6.07) is 32.1. The lowest BCUT2D eigenvalue weighted by Crippen LogP contribution is -2.20. The maximum absolute atomic E-state index is 6.89. The van der Waals surface area contributed by atoms with Crippen LogP contribution in [0.4, 0.5) is 0 Å². The van der Waals surface area contributed by atoms with E-state index in [1.165, 1.54) is 0 Å². The molecule has 276 valence electrons. The molecule has 0 radical (unpaired) electrons. The van der Waals surface area contributed by atoms with E-state index in [0.29, 0.717) is 11.5 Å². The second-order valence-electron chi connectivity index (χ2n) is 11.9. The third-order valence-corrected chi connectivity index (χ3v) is 8.95. The summed E-state index contributed by atoms with van der Waals surface area (Å²) in [5.74, 6) is 4.54. The Kier molecular flexibility index (Phi) is 15.7. The lowest BCUT2D eigenvalue weighted by atomic mass is 10.1. The average Bonchev–Trinajstić information content (AvgIpc) is 3.22. The van der Waals surface area contributed by atoms with Crippen molar-refractivity contribution < 1.29 is 32.8 Å². The summed E-state index contributed by atoms with van der Waals surface area (Å²) in [6.07, 6.45) is 12.4. The molecular weight excluding hydrogens is 661 g/mol. The van der Waals surface area contributed by atoms with Gasteiger partial charge in [-0.05, 0) is 137 Å². The van der Waals surface area contributed by atoms with E-state index in [4.69, 9.17) is 23.7 Å². The van der Waals surface area contributed by atoms with Crippen molar-refractivity contribution in [3.05, 3.63) is 156 Å². The van der Waals surface area contributed by atoms with Gasteiger partial charge in [0.1, 0.15) is 60.7 Å². The number of nitrogens with zero attached hydrogens (tertiary/aromatic N) is 2. The Balaban J connectivity index is 1.83. The predicted molar refractivity (Wildman–Crippen MR) is 218 cm³/mol. The second kappa shape index (κ2) is 20.9. The van der Waals surface area contributed by atoms with Crippen LogP contribution >= 0.6 is 0 Å². The number of ether oxygens (including phenoxy) is 5. The standard InChI is InChI=1S/C46H54N2O5/c1-9-47(10-2)43(35-19-27-39(49-5)28-20-35)15-13-17-45(37-23-31-41(51-7)32-24-37)53-46(38-25-33-42(52-8)34-26-38)18-14-16-44(48(11-3)12-4)36-21-29-40(50-6)30-22-36/h13-34H,9-12H2,1-8H3/q+2/b15-13+,16-14+,45-17+,46-18+. The highest BCUT2D eigenvalue weighted by atomic mass is 16.5. The molecule has 0 amide bonds. The van der Waals surface area contributed by atoms with Gasteiger partial charge in [0.25, 0.3) is 0 Å². The van der Waals surface area contributed by atoms with E-state index in [1.54, 1.807) is 28.4 Å². The van der Waals surface area contributed by atoms with Crippen molar-refractivity contribution in [2.75, 3.05) is 54.6 Å². The van der Waals surface area contributed by atoms with E-state index in [0.717, 1.165) is 82.9 Å². The molecule has 0 unspecified atom stereocenters. The normalized spacial score (nSPS) is 11.8. The van der Waals surface area contributed by atoms with Gasteiger partial charge in [-0.2, -0.15) is 0 Å². The van der Waals surface area contributed by atoms with Crippen LogP contribution in [-0.2, 0) is 4.74 Å². The fraction of sp³-hybridized carbons (Fsp3) is 0.261. The lowest BCUT2D eigenvalue weighted by Gasteiger charge is -2.15. The van der Waals surface area contributed by atoms with Crippen molar-refractivity contribution in [1.82, 2.24) is 0 Å². The molecule has 53 heavy (non-hydrogen) atoms. The Morgan fingerprint density at radius 2 is 0.679 bits per heavy atom. The molecule has 0 heterocycles. The SMILES string of the molecule is CC[N+](CC)=C(/C=C/C=C(/O/C(=C/C=C/C(c1ccc(OC)cc1)=[N+](CC)CC)c1ccc(OC)cc1)c1ccc(OC)cc1)c1ccc(OC)cc1. The first-order chi connectivity index (χ1) is 25.9. The smallest absolute Gasteiger partial charge is 0.207 e. The fourth-order valence-electron chi connectivity index (χ4n) is 5.88. The highest BCUT2D eigenvalue weighted by Gasteiger charge is 2.15. The Labute approximate surface area is 316 Å². The van der Waals surface area contributed by atoms with Crippen LogP contribution < -0.4 is 18.9 Å². The first-order valence-electron chi connectivity index (χ1n) is 18.2. The summed E-state index contributed by atoms with van der Waals surface area (Å²) in [6.45, 7) is 12.1. The van der Waals surface area contributed by atoms with Crippen molar-refractivity contribution in [3.63, 3.8) is 0 Å². The third kappa shape index (κ3) is 11.1. The molecule has 0 bridgehead atoms. The van der Waals surface area contributed by atoms with Gasteiger partial charge < -0.3 is 23.7 Å². The van der Waals surface area contributed by atoms with Crippen molar-refractivity contribution >= 4 is 22.9 Å². The maximum Gasteiger partial charge on any atom is 0.207 e. The zero-order chi connectivity index (χ0) is 38.0. The van der Waals surface area contributed by atoms with Crippen molar-refractivity contribution in [2.45, 2.75) is 27.7 Å². The first-order valence-corrected chi connectivity index (χ1v) is 18.2. The minimum absolute atomic E-state index is 0.677. The number of allylic oxidation sites excluding steroid dienone is 6. The van der Waals surface area contributed by atoms with Gasteiger partial charge in [-0.1, -0.05) is 12.2 Å². The number of benzene rings is 4. The largest absolute Gasteiger partial charge is 0.497 e. The van der Waals surface area contributed by atoms with Crippen LogP contribution in [0.5, 0.6) is 23.0 Å². The van der Waals surface area contributed by atoms with Crippen LogP contribution in [0.15, 0.2) is 134 Å². The predicted octanol–water partition coefficient (Wildman–Crippen LogP) is 9.32. The van der Waals surface area contributed by atoms with Crippen molar-refractivity contribution in [2.24, 2.45) is 0 Å². The average molecular weight is 715 g/mol. The molecule has 0 aliphatic rings. The van der Waals surface area contributed by atoms with E-state index in [9.17, 15) is 0 Å². The third-order valence-electron chi connectivity index (χ3n) is 8.95. The summed E-state index contributed by atoms with van der Waals surface area (Å²) < 4.78 is 33.3. The molecule has 7 nitrogen and oxygen atoms in total. The van der Waals surface area contributed by atoms with Gasteiger partial charge in [0.2, 0.25) is 11.4 Å². The van der Waals surface area contributed by atoms with Crippen LogP contribution in [0.3, 0.4) is 0 Å². The topological polar surface area (TPSA) is 52.2 Å². The Bertz CT molecular complexity index is 1780. The lowest BCUT2D eigenvalue weighted by molar-refractivity contribution is -0.519. The zero-order valence-electron chi connectivity index (χ0n) is 32.5. The Hall–Kier alpha value is -5.82. The summed E-state index contributed by atoms with van der Waals surface area (Å²) in [4.78, 5) is 0. The van der Waals surface area contributed by atoms with Gasteiger partial charge in [-0.25, -0.2) is 9.15 Å². The van der Waals surface area contributed by atoms with Crippen molar-refractivity contribution in [3.8, 4) is 23.0 Å². The van der Waals surface area contributed by atoms with Crippen LogP contribution in [0.1, 0.15) is 49.9 Å². The molecule has 0 atom stereocenters. The van der Waals surface area contributed by atoms with E-state index < -0.39 is 0 Å². The molecule has 0 saturated carbocycles. The molecule has 0 spiro atoms. The van der Waals surface area contributed by atoms with Gasteiger partial charge in [0.15, 0.2) is 0 Å². The minimum atomic E-state index is 0.677. The summed E-state index contributed by atoms with van der Waals surface area (Å²) in [5, 5.41) is 0. The maximum atomic E-state index is 6.89. The van der Waals surface area contributed by atoms with E-state index in [1.807, 2.05) is 84.9 Å². The van der Waals surface area contributed by atoms with Crippen LogP contribution in [0, 0.1) is 0 Å². The molecule has 0 saturated heterocycles. The van der Waals surface area contributed by atoms with E-state index in [-0.39, 0.29) is 0 Å². The molecule has 0 aliphatic heterocycles. The summed E-state index contributed by atoms with van der Waals surface area (Å²) >= 11 is 0. The Morgan fingerprint density at radius 3 is 0.925 bits per heavy atom. The molecule has 4 aromatic carbocycles. The summed E-state index contributed by atoms with van der Waals surface area (Å²) in [5.41, 5.74) is 6.23. The molecule has 0 fully saturated rings. The molecule has 4 rings (SSSR count).